The molecule has 3 nitrogen and oxygen atoms in total. The monoisotopic (exact) mass is 255 g/mol. The van der Waals surface area contributed by atoms with Crippen molar-refractivity contribution < 1.29 is 9.90 Å². The van der Waals surface area contributed by atoms with Gasteiger partial charge in [0.05, 0.1) is 0 Å². The summed E-state index contributed by atoms with van der Waals surface area (Å²) in [4.78, 5) is 11.1. The van der Waals surface area contributed by atoms with Crippen LogP contribution < -0.4 is 5.32 Å². The van der Waals surface area contributed by atoms with Gasteiger partial charge >= 0.3 is 5.97 Å². The zero-order valence-corrected chi connectivity index (χ0v) is 11.1. The Morgan fingerprint density at radius 2 is 2.18 bits per heavy atom. The molecule has 0 saturated heterocycles. The summed E-state index contributed by atoms with van der Waals surface area (Å²) >= 11 is 6.09. The number of aliphatic carboxylic acids is 1. The summed E-state index contributed by atoms with van der Waals surface area (Å²) < 4.78 is 0. The first-order valence-electron chi connectivity index (χ1n) is 5.62. The summed E-state index contributed by atoms with van der Waals surface area (Å²) in [6.45, 7) is 5.95. The topological polar surface area (TPSA) is 49.3 Å². The maximum absolute atomic E-state index is 11.1. The number of hydrogen-bond acceptors (Lipinski definition) is 2. The van der Waals surface area contributed by atoms with Crippen LogP contribution in [0.3, 0.4) is 0 Å². The van der Waals surface area contributed by atoms with E-state index in [4.69, 9.17) is 16.7 Å². The fourth-order valence-electron chi connectivity index (χ4n) is 1.44. The number of carbonyl (C=O) groups is 1. The van der Waals surface area contributed by atoms with E-state index in [9.17, 15) is 4.79 Å². The molecule has 0 saturated carbocycles. The lowest BCUT2D eigenvalue weighted by Crippen LogP contribution is -2.48. The lowest BCUT2D eigenvalue weighted by atomic mass is 9.98. The fraction of sp³-hybridized carbons (Fsp3) is 0.462. The van der Waals surface area contributed by atoms with Gasteiger partial charge in [-0.1, -0.05) is 30.7 Å². The van der Waals surface area contributed by atoms with E-state index in [1.54, 1.807) is 6.92 Å². The number of benzene rings is 1. The highest BCUT2D eigenvalue weighted by atomic mass is 35.5. The molecule has 0 aliphatic heterocycles. The summed E-state index contributed by atoms with van der Waals surface area (Å²) in [6.07, 6.45) is 0.520. The predicted molar refractivity (Wildman–Crippen MR) is 69.4 cm³/mol. The number of carboxylic acids is 1. The van der Waals surface area contributed by atoms with Gasteiger partial charge in [0, 0.05) is 11.6 Å². The van der Waals surface area contributed by atoms with E-state index in [2.05, 4.69) is 5.32 Å². The minimum atomic E-state index is -0.909. The number of rotatable bonds is 5. The molecule has 0 fully saturated rings. The summed E-state index contributed by atoms with van der Waals surface area (Å²) in [6, 6.07) is 5.76. The first-order chi connectivity index (χ1) is 7.89. The Bertz CT molecular complexity index is 420. The molecule has 94 valence electrons. The fourth-order valence-corrected chi connectivity index (χ4v) is 1.74. The van der Waals surface area contributed by atoms with Crippen LogP contribution in [-0.4, -0.2) is 16.6 Å². The summed E-state index contributed by atoms with van der Waals surface area (Å²) in [5, 5.41) is 12.8. The minimum Gasteiger partial charge on any atom is -0.480 e. The highest BCUT2D eigenvalue weighted by molar-refractivity contribution is 6.31. The Balaban J connectivity index is 2.76. The normalized spacial score (nSPS) is 14.4. The quantitative estimate of drug-likeness (QED) is 0.850. The average molecular weight is 256 g/mol. The van der Waals surface area contributed by atoms with Gasteiger partial charge < -0.3 is 5.11 Å². The molecule has 0 aliphatic rings. The third-order valence-corrected chi connectivity index (χ3v) is 3.41. The van der Waals surface area contributed by atoms with Gasteiger partial charge in [0.15, 0.2) is 0 Å². The molecule has 4 heteroatoms. The molecular weight excluding hydrogens is 238 g/mol. The van der Waals surface area contributed by atoms with Crippen LogP contribution in [0.15, 0.2) is 18.2 Å². The Morgan fingerprint density at radius 3 is 2.65 bits per heavy atom. The van der Waals surface area contributed by atoms with Crippen molar-refractivity contribution in [2.75, 3.05) is 0 Å². The molecule has 0 radical (unpaired) electrons. The molecule has 1 aromatic carbocycles. The molecule has 1 atom stereocenters. The molecule has 1 rings (SSSR count). The molecule has 2 N–H and O–H groups in total. The molecular formula is C13H18ClNO2. The zero-order chi connectivity index (χ0) is 13.1. The van der Waals surface area contributed by atoms with E-state index in [1.165, 1.54) is 0 Å². The Labute approximate surface area is 107 Å². The Morgan fingerprint density at radius 1 is 1.53 bits per heavy atom. The van der Waals surface area contributed by atoms with Crippen LogP contribution in [0, 0.1) is 6.92 Å². The number of hydrogen-bond donors (Lipinski definition) is 2. The van der Waals surface area contributed by atoms with E-state index >= 15 is 0 Å². The van der Waals surface area contributed by atoms with Crippen molar-refractivity contribution in [1.29, 1.82) is 0 Å². The highest BCUT2D eigenvalue weighted by Gasteiger charge is 2.30. The van der Waals surface area contributed by atoms with Crippen LogP contribution in [0.1, 0.15) is 31.4 Å². The van der Waals surface area contributed by atoms with E-state index in [-0.39, 0.29) is 0 Å². The SMILES string of the molecule is CCC(C)(NCc1ccc(C)cc1Cl)C(=O)O. The van der Waals surface area contributed by atoms with Crippen molar-refractivity contribution in [2.45, 2.75) is 39.3 Å². The first-order valence-corrected chi connectivity index (χ1v) is 6.00. The van der Waals surface area contributed by atoms with Crippen molar-refractivity contribution in [3.63, 3.8) is 0 Å². The van der Waals surface area contributed by atoms with Crippen LogP contribution in [0.5, 0.6) is 0 Å². The summed E-state index contributed by atoms with van der Waals surface area (Å²) in [5.74, 6) is -0.844. The van der Waals surface area contributed by atoms with Gasteiger partial charge in [-0.15, -0.1) is 0 Å². The smallest absolute Gasteiger partial charge is 0.323 e. The zero-order valence-electron chi connectivity index (χ0n) is 10.4. The second-order valence-electron chi connectivity index (χ2n) is 4.44. The van der Waals surface area contributed by atoms with Gasteiger partial charge in [-0.3, -0.25) is 10.1 Å². The van der Waals surface area contributed by atoms with Crippen molar-refractivity contribution in [2.24, 2.45) is 0 Å². The largest absolute Gasteiger partial charge is 0.480 e. The minimum absolute atomic E-state index is 0.454. The number of nitrogens with one attached hydrogen (secondary N) is 1. The number of carboxylic acid groups (broad SMARTS) is 1. The van der Waals surface area contributed by atoms with Gasteiger partial charge in [0.2, 0.25) is 0 Å². The standard InChI is InChI=1S/C13H18ClNO2/c1-4-13(3,12(16)17)15-8-10-6-5-9(2)7-11(10)14/h5-7,15H,4,8H2,1-3H3,(H,16,17). The molecule has 0 aromatic heterocycles. The first kappa shape index (κ1) is 14.0. The van der Waals surface area contributed by atoms with E-state index in [0.717, 1.165) is 11.1 Å². The maximum atomic E-state index is 11.1. The predicted octanol–water partition coefficient (Wildman–Crippen LogP) is 2.99. The van der Waals surface area contributed by atoms with Crippen molar-refractivity contribution in [3.05, 3.63) is 34.3 Å². The van der Waals surface area contributed by atoms with Crippen LogP contribution in [0.2, 0.25) is 5.02 Å². The Kier molecular flexibility index (Phi) is 4.54. The maximum Gasteiger partial charge on any atom is 0.323 e. The number of halogens is 1. The lowest BCUT2D eigenvalue weighted by Gasteiger charge is -2.25. The molecule has 0 heterocycles. The van der Waals surface area contributed by atoms with Crippen LogP contribution in [-0.2, 0) is 11.3 Å². The summed E-state index contributed by atoms with van der Waals surface area (Å²) in [7, 11) is 0. The Hall–Kier alpha value is -1.06. The van der Waals surface area contributed by atoms with Gasteiger partial charge in [0.25, 0.3) is 0 Å². The lowest BCUT2D eigenvalue weighted by molar-refractivity contribution is -0.144. The molecule has 0 spiro atoms. The molecule has 0 bridgehead atoms. The van der Waals surface area contributed by atoms with Crippen molar-refractivity contribution in [1.82, 2.24) is 5.32 Å². The van der Waals surface area contributed by atoms with Crippen LogP contribution in [0.25, 0.3) is 0 Å². The molecule has 1 aromatic rings. The number of aryl methyl sites for hydroxylation is 1. The highest BCUT2D eigenvalue weighted by Crippen LogP contribution is 2.19. The molecule has 0 aliphatic carbocycles. The van der Waals surface area contributed by atoms with Gasteiger partial charge in [-0.25, -0.2) is 0 Å². The van der Waals surface area contributed by atoms with E-state index in [0.29, 0.717) is 18.0 Å². The molecule has 0 amide bonds. The third kappa shape index (κ3) is 3.45. The second-order valence-corrected chi connectivity index (χ2v) is 4.85. The van der Waals surface area contributed by atoms with Gasteiger partial charge in [-0.2, -0.15) is 0 Å². The summed E-state index contributed by atoms with van der Waals surface area (Å²) in [5.41, 5.74) is 1.10. The van der Waals surface area contributed by atoms with E-state index < -0.39 is 11.5 Å². The molecule has 1 unspecified atom stereocenters. The van der Waals surface area contributed by atoms with Crippen LogP contribution >= 0.6 is 11.6 Å². The van der Waals surface area contributed by atoms with Crippen molar-refractivity contribution >= 4 is 17.6 Å². The molecule has 17 heavy (non-hydrogen) atoms. The second kappa shape index (κ2) is 5.52. The van der Waals surface area contributed by atoms with Gasteiger partial charge in [0.1, 0.15) is 5.54 Å². The van der Waals surface area contributed by atoms with Crippen molar-refractivity contribution in [3.8, 4) is 0 Å². The van der Waals surface area contributed by atoms with E-state index in [1.807, 2.05) is 32.0 Å². The third-order valence-electron chi connectivity index (χ3n) is 3.06. The van der Waals surface area contributed by atoms with Gasteiger partial charge in [-0.05, 0) is 37.5 Å². The van der Waals surface area contributed by atoms with Crippen LogP contribution in [0.4, 0.5) is 0 Å². The average Bonchev–Trinajstić information content (AvgIpc) is 2.27.